The highest BCUT2D eigenvalue weighted by molar-refractivity contribution is 5.76. The molecule has 0 radical (unpaired) electrons. The van der Waals surface area contributed by atoms with Crippen LogP contribution in [0.25, 0.3) is 5.78 Å². The van der Waals surface area contributed by atoms with Gasteiger partial charge < -0.3 is 10.4 Å². The van der Waals surface area contributed by atoms with E-state index in [1.807, 2.05) is 13.8 Å². The van der Waals surface area contributed by atoms with Crippen LogP contribution >= 0.6 is 0 Å². The van der Waals surface area contributed by atoms with Crippen LogP contribution in [0.5, 0.6) is 0 Å². The lowest BCUT2D eigenvalue weighted by Crippen LogP contribution is -2.42. The fourth-order valence-electron chi connectivity index (χ4n) is 2.45. The molecule has 0 bridgehead atoms. The Morgan fingerprint density at radius 2 is 2.26 bits per heavy atom. The number of H-pyrrole nitrogens is 1. The van der Waals surface area contributed by atoms with Gasteiger partial charge in [-0.2, -0.15) is 4.52 Å². The summed E-state index contributed by atoms with van der Waals surface area (Å²) in [6.07, 6.45) is 2.74. The lowest BCUT2D eigenvalue weighted by molar-refractivity contribution is -0.122. The van der Waals surface area contributed by atoms with Gasteiger partial charge in [0.25, 0.3) is 11.3 Å². The summed E-state index contributed by atoms with van der Waals surface area (Å²) in [5.74, 6) is 0.329. The molecule has 0 saturated heterocycles. The Morgan fingerprint density at radius 3 is 2.91 bits per heavy atom. The number of aliphatic hydroxyl groups is 1. The summed E-state index contributed by atoms with van der Waals surface area (Å²) in [6, 6.07) is -0.261. The topological polar surface area (TPSA) is 112 Å². The molecule has 126 valence electrons. The Hall–Kier alpha value is -2.22. The predicted molar refractivity (Wildman–Crippen MR) is 85.1 cm³/mol. The van der Waals surface area contributed by atoms with E-state index in [1.165, 1.54) is 10.8 Å². The van der Waals surface area contributed by atoms with Crippen molar-refractivity contribution >= 4 is 11.7 Å². The monoisotopic (exact) mass is 321 g/mol. The highest BCUT2D eigenvalue weighted by Crippen LogP contribution is 2.08. The number of aromatic amines is 1. The second-order valence-electron chi connectivity index (χ2n) is 5.75. The Bertz CT molecular complexity index is 736. The normalized spacial score (nSPS) is 13.9. The molecule has 0 aromatic carbocycles. The minimum Gasteiger partial charge on any atom is -0.394 e. The van der Waals surface area contributed by atoms with E-state index >= 15 is 0 Å². The first kappa shape index (κ1) is 17.1. The molecule has 2 atom stereocenters. The molecular weight excluding hydrogens is 298 g/mol. The van der Waals surface area contributed by atoms with E-state index in [0.717, 1.165) is 6.42 Å². The number of hydrogen-bond donors (Lipinski definition) is 3. The molecule has 2 aromatic rings. The maximum atomic E-state index is 12.3. The zero-order valence-electron chi connectivity index (χ0n) is 13.7. The van der Waals surface area contributed by atoms with Crippen molar-refractivity contribution in [3.63, 3.8) is 0 Å². The second kappa shape index (κ2) is 7.36. The molecule has 0 aliphatic rings. The van der Waals surface area contributed by atoms with Crippen LogP contribution in [0.15, 0.2) is 11.1 Å². The Morgan fingerprint density at radius 1 is 1.52 bits per heavy atom. The zero-order valence-corrected chi connectivity index (χ0v) is 13.7. The standard InChI is InChI=1S/C15H23N5O3/c1-4-9(2)12(7-21)19-13(22)6-5-11-10(3)18-15-16-8-17-20(15)14(11)23/h8-9,12,21H,4-7H2,1-3H3,(H,19,22)(H,16,17,18). The number of carbonyl (C=O) groups is 1. The van der Waals surface area contributed by atoms with E-state index in [1.54, 1.807) is 6.92 Å². The van der Waals surface area contributed by atoms with Crippen molar-refractivity contribution in [3.05, 3.63) is 27.9 Å². The first-order valence-corrected chi connectivity index (χ1v) is 7.79. The number of carbonyl (C=O) groups excluding carboxylic acids is 1. The van der Waals surface area contributed by atoms with Crippen molar-refractivity contribution in [3.8, 4) is 0 Å². The minimum absolute atomic E-state index is 0.0932. The third kappa shape index (κ3) is 3.76. The zero-order chi connectivity index (χ0) is 17.0. The van der Waals surface area contributed by atoms with Gasteiger partial charge in [0.2, 0.25) is 5.91 Å². The van der Waals surface area contributed by atoms with Crippen molar-refractivity contribution in [1.82, 2.24) is 24.9 Å². The molecule has 0 spiro atoms. The third-order valence-corrected chi connectivity index (χ3v) is 4.21. The summed E-state index contributed by atoms with van der Waals surface area (Å²) >= 11 is 0. The molecule has 2 rings (SSSR count). The van der Waals surface area contributed by atoms with Crippen LogP contribution in [0.1, 0.15) is 37.9 Å². The summed E-state index contributed by atoms with van der Waals surface area (Å²) in [7, 11) is 0. The number of aliphatic hydroxyl groups excluding tert-OH is 1. The number of aromatic nitrogens is 4. The van der Waals surface area contributed by atoms with E-state index < -0.39 is 0 Å². The van der Waals surface area contributed by atoms with Crippen LogP contribution < -0.4 is 10.9 Å². The van der Waals surface area contributed by atoms with E-state index in [9.17, 15) is 14.7 Å². The SMILES string of the molecule is CCC(C)C(CO)NC(=O)CCc1c(C)nc2nc[nH]n2c1=O. The fraction of sp³-hybridized carbons (Fsp3) is 0.600. The number of fused-ring (bicyclic) bond motifs is 1. The van der Waals surface area contributed by atoms with Gasteiger partial charge in [0.05, 0.1) is 18.3 Å². The third-order valence-electron chi connectivity index (χ3n) is 4.21. The number of hydrogen-bond acceptors (Lipinski definition) is 5. The van der Waals surface area contributed by atoms with Gasteiger partial charge in [-0.1, -0.05) is 20.3 Å². The van der Waals surface area contributed by atoms with E-state index in [0.29, 0.717) is 23.5 Å². The van der Waals surface area contributed by atoms with Gasteiger partial charge in [0.15, 0.2) is 0 Å². The van der Waals surface area contributed by atoms with Gasteiger partial charge in [0, 0.05) is 12.0 Å². The van der Waals surface area contributed by atoms with E-state index in [4.69, 9.17) is 0 Å². The number of rotatable bonds is 7. The van der Waals surface area contributed by atoms with Crippen LogP contribution in [0, 0.1) is 12.8 Å². The summed E-state index contributed by atoms with van der Waals surface area (Å²) in [5.41, 5.74) is 0.833. The average molecular weight is 321 g/mol. The summed E-state index contributed by atoms with van der Waals surface area (Å²) in [4.78, 5) is 32.6. The first-order chi connectivity index (χ1) is 11.0. The van der Waals surface area contributed by atoms with E-state index in [2.05, 4.69) is 20.4 Å². The Kier molecular flexibility index (Phi) is 5.49. The predicted octanol–water partition coefficient (Wildman–Crippen LogP) is 0.182. The van der Waals surface area contributed by atoms with Gasteiger partial charge >= 0.3 is 0 Å². The van der Waals surface area contributed by atoms with Crippen molar-refractivity contribution in [2.45, 2.75) is 46.1 Å². The Balaban J connectivity index is 2.06. The quantitative estimate of drug-likeness (QED) is 0.673. The molecule has 3 N–H and O–H groups in total. The molecule has 0 saturated carbocycles. The molecule has 0 fully saturated rings. The highest BCUT2D eigenvalue weighted by Gasteiger charge is 2.18. The smallest absolute Gasteiger partial charge is 0.277 e. The summed E-state index contributed by atoms with van der Waals surface area (Å²) < 4.78 is 1.26. The van der Waals surface area contributed by atoms with Crippen LogP contribution in [-0.4, -0.2) is 43.2 Å². The molecule has 0 aliphatic heterocycles. The molecule has 8 nitrogen and oxygen atoms in total. The van der Waals surface area contributed by atoms with Gasteiger partial charge in [0.1, 0.15) is 6.33 Å². The lowest BCUT2D eigenvalue weighted by atomic mass is 9.99. The maximum Gasteiger partial charge on any atom is 0.277 e. The minimum atomic E-state index is -0.261. The molecule has 2 aromatic heterocycles. The number of nitrogens with zero attached hydrogens (tertiary/aromatic N) is 3. The van der Waals surface area contributed by atoms with Gasteiger partial charge in [-0.15, -0.1) is 0 Å². The average Bonchev–Trinajstić information content (AvgIpc) is 3.00. The molecule has 23 heavy (non-hydrogen) atoms. The van der Waals surface area contributed by atoms with Gasteiger partial charge in [-0.25, -0.2) is 9.97 Å². The maximum absolute atomic E-state index is 12.3. The lowest BCUT2D eigenvalue weighted by Gasteiger charge is -2.22. The van der Waals surface area contributed by atoms with E-state index in [-0.39, 0.29) is 36.5 Å². The van der Waals surface area contributed by atoms with Crippen LogP contribution in [0.2, 0.25) is 0 Å². The van der Waals surface area contributed by atoms with Gasteiger partial charge in [-0.05, 0) is 19.3 Å². The van der Waals surface area contributed by atoms with Crippen LogP contribution in [-0.2, 0) is 11.2 Å². The van der Waals surface area contributed by atoms with Gasteiger partial charge in [-0.3, -0.25) is 14.7 Å². The molecule has 1 amide bonds. The van der Waals surface area contributed by atoms with Crippen molar-refractivity contribution in [2.75, 3.05) is 6.61 Å². The largest absolute Gasteiger partial charge is 0.394 e. The number of aryl methyl sites for hydroxylation is 1. The van der Waals surface area contributed by atoms with Crippen molar-refractivity contribution in [2.24, 2.45) is 5.92 Å². The summed E-state index contributed by atoms with van der Waals surface area (Å²) in [5, 5.41) is 14.9. The fourth-order valence-corrected chi connectivity index (χ4v) is 2.45. The Labute approximate surface area is 133 Å². The molecular formula is C15H23N5O3. The van der Waals surface area contributed by atoms with Crippen molar-refractivity contribution in [1.29, 1.82) is 0 Å². The highest BCUT2D eigenvalue weighted by atomic mass is 16.3. The molecule has 2 unspecified atom stereocenters. The second-order valence-corrected chi connectivity index (χ2v) is 5.75. The van der Waals surface area contributed by atoms with Crippen LogP contribution in [0.4, 0.5) is 0 Å². The van der Waals surface area contributed by atoms with Crippen LogP contribution in [0.3, 0.4) is 0 Å². The molecule has 0 aliphatic carbocycles. The molecule has 8 heteroatoms. The summed E-state index contributed by atoms with van der Waals surface area (Å²) in [6.45, 7) is 5.63. The first-order valence-electron chi connectivity index (χ1n) is 7.79. The van der Waals surface area contributed by atoms with Crippen molar-refractivity contribution < 1.29 is 9.90 Å². The number of amides is 1. The molecule has 2 heterocycles. The number of nitrogens with one attached hydrogen (secondary N) is 2.